The quantitative estimate of drug-likeness (QED) is 0.217. The predicted molar refractivity (Wildman–Crippen MR) is 175 cm³/mol. The van der Waals surface area contributed by atoms with Gasteiger partial charge in [0.2, 0.25) is 4.38 Å². The smallest absolute Gasteiger partial charge is 0.221 e. The lowest BCUT2D eigenvalue weighted by molar-refractivity contribution is 0.144. The van der Waals surface area contributed by atoms with E-state index in [0.717, 1.165) is 11.8 Å². The molecule has 0 saturated heterocycles. The lowest BCUT2D eigenvalue weighted by atomic mass is 10.0. The highest BCUT2D eigenvalue weighted by Crippen LogP contribution is 2.12. The summed E-state index contributed by atoms with van der Waals surface area (Å²) in [5.74, 6) is 3.47. The van der Waals surface area contributed by atoms with E-state index in [1.54, 1.807) is 13.8 Å². The molecule has 0 heterocycles. The summed E-state index contributed by atoms with van der Waals surface area (Å²) in [5.41, 5.74) is 0. The first-order chi connectivity index (χ1) is 16.8. The number of halogens is 1. The summed E-state index contributed by atoms with van der Waals surface area (Å²) < 4.78 is 11.1. The number of hydrogen-bond acceptors (Lipinski definition) is 8. The van der Waals surface area contributed by atoms with Gasteiger partial charge >= 0.3 is 0 Å². The summed E-state index contributed by atoms with van der Waals surface area (Å²) in [4.78, 5) is 0. The fourth-order valence-corrected chi connectivity index (χ4v) is 1.69. The van der Waals surface area contributed by atoms with E-state index in [-0.39, 0.29) is 18.3 Å². The average Bonchev–Trinajstić information content (AvgIpc) is 2.78. The van der Waals surface area contributed by atoms with Gasteiger partial charge in [-0.2, -0.15) is 10.5 Å². The normalized spacial score (nSPS) is 12.1. The van der Waals surface area contributed by atoms with Gasteiger partial charge in [0.25, 0.3) is 0 Å². The number of aliphatic hydroxyl groups excluding tert-OH is 1. The molecule has 0 rings (SSSR count). The SMILES string of the molecule is CC(=S)OC(C)C(C)C.CC(C)C(C)C.CC(C)C(C)O.CC(C)C(C)OC(=S)SCC#N.N#CCBr. The second-order valence-corrected chi connectivity index (χ2v) is 12.8. The van der Waals surface area contributed by atoms with E-state index in [1.807, 2.05) is 39.8 Å². The van der Waals surface area contributed by atoms with Crippen molar-refractivity contribution in [1.29, 1.82) is 10.5 Å². The van der Waals surface area contributed by atoms with Crippen LogP contribution in [0.3, 0.4) is 0 Å². The number of hydrogen-bond donors (Lipinski definition) is 1. The molecule has 0 aliphatic carbocycles. The molecule has 0 bridgehead atoms. The minimum absolute atomic E-state index is 0.128. The molecule has 0 aromatic rings. The third-order valence-corrected chi connectivity index (χ3v) is 6.53. The molecule has 0 fully saturated rings. The number of rotatable bonds is 7. The third kappa shape index (κ3) is 49.1. The summed E-state index contributed by atoms with van der Waals surface area (Å²) in [5, 5.41) is 25.6. The molecule has 0 aliphatic rings. The first kappa shape index (κ1) is 46.4. The largest absolute Gasteiger partial charge is 0.484 e. The van der Waals surface area contributed by atoms with Crippen LogP contribution in [0.1, 0.15) is 96.9 Å². The van der Waals surface area contributed by atoms with E-state index in [4.69, 9.17) is 49.5 Å². The zero-order valence-corrected chi connectivity index (χ0v) is 29.8. The van der Waals surface area contributed by atoms with E-state index in [2.05, 4.69) is 71.3 Å². The number of thiocarbonyl (C=S) groups is 2. The average molecular weight is 644 g/mol. The number of alkyl halides is 1. The molecule has 0 aromatic carbocycles. The van der Waals surface area contributed by atoms with Crippen LogP contribution in [-0.2, 0) is 9.47 Å². The van der Waals surface area contributed by atoms with E-state index in [0.29, 0.717) is 38.3 Å². The molecule has 9 heteroatoms. The topological polar surface area (TPSA) is 86.3 Å². The highest BCUT2D eigenvalue weighted by Gasteiger charge is 2.10. The van der Waals surface area contributed by atoms with Gasteiger partial charge in [0.1, 0.15) is 0 Å². The fraction of sp³-hybridized carbons (Fsp3) is 0.857. The van der Waals surface area contributed by atoms with Gasteiger partial charge in [0, 0.05) is 6.92 Å². The molecular formula is C28H55BrN2O3S3. The predicted octanol–water partition coefficient (Wildman–Crippen LogP) is 9.21. The molecule has 0 amide bonds. The molecule has 0 saturated carbocycles. The number of nitriles is 2. The number of thioether (sulfide) groups is 1. The molecule has 0 radical (unpaired) electrons. The maximum Gasteiger partial charge on any atom is 0.221 e. The summed E-state index contributed by atoms with van der Waals surface area (Å²) in [6, 6.07) is 3.84. The van der Waals surface area contributed by atoms with Crippen LogP contribution in [0.15, 0.2) is 0 Å². The van der Waals surface area contributed by atoms with E-state index in [9.17, 15) is 0 Å². The van der Waals surface area contributed by atoms with Gasteiger partial charge in [-0.3, -0.25) is 0 Å². The Balaban J connectivity index is -0.000000122. The Kier molecular flexibility index (Phi) is 39.8. The van der Waals surface area contributed by atoms with Gasteiger partial charge < -0.3 is 14.6 Å². The van der Waals surface area contributed by atoms with Crippen molar-refractivity contribution in [3.63, 3.8) is 0 Å². The van der Waals surface area contributed by atoms with Crippen LogP contribution >= 0.6 is 52.1 Å². The maximum atomic E-state index is 8.63. The van der Waals surface area contributed by atoms with Crippen molar-refractivity contribution in [2.75, 3.05) is 11.1 Å². The highest BCUT2D eigenvalue weighted by atomic mass is 79.9. The minimum Gasteiger partial charge on any atom is -0.484 e. The van der Waals surface area contributed by atoms with Crippen LogP contribution in [0.2, 0.25) is 0 Å². The van der Waals surface area contributed by atoms with Gasteiger partial charge in [0.15, 0.2) is 5.05 Å². The van der Waals surface area contributed by atoms with Gasteiger partial charge in [-0.05, 0) is 74.8 Å². The Morgan fingerprint density at radius 3 is 1.22 bits per heavy atom. The summed E-state index contributed by atoms with van der Waals surface area (Å²) in [7, 11) is 0. The van der Waals surface area contributed by atoms with Crippen molar-refractivity contribution >= 4 is 61.6 Å². The van der Waals surface area contributed by atoms with Crippen LogP contribution < -0.4 is 0 Å². The number of ether oxygens (including phenoxy) is 2. The van der Waals surface area contributed by atoms with E-state index in [1.165, 1.54) is 11.8 Å². The molecule has 0 aliphatic heterocycles. The highest BCUT2D eigenvalue weighted by molar-refractivity contribution is 9.09. The van der Waals surface area contributed by atoms with Gasteiger partial charge in [-0.25, -0.2) is 0 Å². The van der Waals surface area contributed by atoms with Crippen LogP contribution in [0.5, 0.6) is 0 Å². The molecule has 37 heavy (non-hydrogen) atoms. The van der Waals surface area contributed by atoms with E-state index < -0.39 is 0 Å². The van der Waals surface area contributed by atoms with Crippen molar-refractivity contribution < 1.29 is 14.6 Å². The van der Waals surface area contributed by atoms with Crippen molar-refractivity contribution in [2.45, 2.75) is 115 Å². The zero-order chi connectivity index (χ0) is 30.7. The van der Waals surface area contributed by atoms with Gasteiger partial charge in [0.05, 0.1) is 41.5 Å². The first-order valence-electron chi connectivity index (χ1n) is 12.8. The maximum absolute atomic E-state index is 8.63. The molecule has 3 atom stereocenters. The van der Waals surface area contributed by atoms with Crippen LogP contribution in [0, 0.1) is 52.3 Å². The fourth-order valence-electron chi connectivity index (χ4n) is 0.811. The van der Waals surface area contributed by atoms with Crippen molar-refractivity contribution in [1.82, 2.24) is 0 Å². The van der Waals surface area contributed by atoms with Gasteiger partial charge in [-0.15, -0.1) is 0 Å². The Morgan fingerprint density at radius 2 is 1.05 bits per heavy atom. The Morgan fingerprint density at radius 1 is 0.730 bits per heavy atom. The third-order valence-electron chi connectivity index (χ3n) is 5.12. The summed E-state index contributed by atoms with van der Waals surface area (Å²) in [6.07, 6.45) is 0.233. The number of aliphatic hydroxyl groups is 1. The summed E-state index contributed by atoms with van der Waals surface area (Å²) in [6.45, 7) is 28.9. The lowest BCUT2D eigenvalue weighted by Gasteiger charge is -2.17. The Labute approximate surface area is 253 Å². The Bertz CT molecular complexity index is 591. The second kappa shape index (κ2) is 31.8. The van der Waals surface area contributed by atoms with Crippen molar-refractivity contribution in [2.24, 2.45) is 29.6 Å². The molecule has 0 spiro atoms. The Hall–Kier alpha value is -0.450. The zero-order valence-electron chi connectivity index (χ0n) is 25.8. The molecule has 3 unspecified atom stereocenters. The molecule has 5 nitrogen and oxygen atoms in total. The second-order valence-electron chi connectivity index (χ2n) is 10.1. The number of nitrogens with zero attached hydrogens (tertiary/aromatic N) is 2. The lowest BCUT2D eigenvalue weighted by Crippen LogP contribution is -2.17. The molecule has 0 aromatic heterocycles. The monoisotopic (exact) mass is 642 g/mol. The molecule has 220 valence electrons. The van der Waals surface area contributed by atoms with Crippen molar-refractivity contribution in [3.05, 3.63) is 0 Å². The van der Waals surface area contributed by atoms with Gasteiger partial charge in [-0.1, -0.05) is 96.9 Å². The molecule has 1 N–H and O–H groups in total. The van der Waals surface area contributed by atoms with Crippen LogP contribution in [0.25, 0.3) is 0 Å². The minimum atomic E-state index is -0.148. The van der Waals surface area contributed by atoms with Crippen LogP contribution in [0.4, 0.5) is 0 Å². The van der Waals surface area contributed by atoms with Crippen molar-refractivity contribution in [3.8, 4) is 12.1 Å². The summed E-state index contributed by atoms with van der Waals surface area (Å²) >= 11 is 13.8. The van der Waals surface area contributed by atoms with E-state index >= 15 is 0 Å². The first-order valence-corrected chi connectivity index (χ1v) is 15.7. The van der Waals surface area contributed by atoms with Crippen LogP contribution in [-0.4, -0.2) is 43.9 Å². The standard InChI is InChI=1S/C8H13NOS2.C7H14OS.C6H14.C5H12O.C2H2BrN/c1-6(2)7(3)10-8(11)12-5-4-9;1-5(2)6(3)8-7(4)9;1-5(2)6(3)4;1-4(2)5(3)6;3-1-2-4/h6-7H,5H2,1-3H3;5-6H,1-4H3;5-6H,1-4H3;4-6H,1-3H3;1H2. The molecular weight excluding hydrogens is 588 g/mol.